The van der Waals surface area contributed by atoms with Gasteiger partial charge in [0.15, 0.2) is 11.5 Å². The molecule has 0 aromatic heterocycles. The number of carbonyl (C=O) groups excluding carboxylic acids is 1. The van der Waals surface area contributed by atoms with Crippen LogP contribution in [0.3, 0.4) is 0 Å². The molecular formula is C16H13IO5. The van der Waals surface area contributed by atoms with Gasteiger partial charge in [0.2, 0.25) is 12.5 Å². The molecule has 3 rings (SSSR count). The lowest BCUT2D eigenvalue weighted by molar-refractivity contribution is 0.0593. The van der Waals surface area contributed by atoms with Gasteiger partial charge in [0.1, 0.15) is 12.2 Å². The van der Waals surface area contributed by atoms with Crippen LogP contribution in [0.4, 0.5) is 0 Å². The smallest absolute Gasteiger partial charge is 0.342 e. The summed E-state index contributed by atoms with van der Waals surface area (Å²) in [5.41, 5.74) is 1.34. The molecule has 0 spiro atoms. The Bertz CT molecular complexity index is 699. The van der Waals surface area contributed by atoms with E-state index in [4.69, 9.17) is 18.9 Å². The summed E-state index contributed by atoms with van der Waals surface area (Å²) in [4.78, 5) is 12.1. The molecule has 1 aliphatic heterocycles. The van der Waals surface area contributed by atoms with Crippen molar-refractivity contribution in [2.24, 2.45) is 0 Å². The summed E-state index contributed by atoms with van der Waals surface area (Å²) in [6.07, 6.45) is 0. The van der Waals surface area contributed by atoms with Crippen LogP contribution in [-0.4, -0.2) is 19.9 Å². The standard InChI is InChI=1S/C16H13IO5/c1-19-16(18)13-11(17)7-12-14(22-9-21-12)15(13)20-8-10-5-3-2-4-6-10/h2-7H,8-9H2,1H3. The van der Waals surface area contributed by atoms with Crippen molar-refractivity contribution < 1.29 is 23.7 Å². The summed E-state index contributed by atoms with van der Waals surface area (Å²) in [6.45, 7) is 0.429. The van der Waals surface area contributed by atoms with E-state index in [-0.39, 0.29) is 6.79 Å². The predicted octanol–water partition coefficient (Wildman–Crippen LogP) is 3.39. The molecule has 0 amide bonds. The van der Waals surface area contributed by atoms with Crippen molar-refractivity contribution >= 4 is 28.6 Å². The monoisotopic (exact) mass is 412 g/mol. The predicted molar refractivity (Wildman–Crippen MR) is 87.4 cm³/mol. The molecule has 2 aromatic rings. The van der Waals surface area contributed by atoms with E-state index in [1.165, 1.54) is 7.11 Å². The van der Waals surface area contributed by atoms with Gasteiger partial charge in [-0.3, -0.25) is 0 Å². The number of hydrogen-bond donors (Lipinski definition) is 0. The molecule has 0 unspecified atom stereocenters. The molecule has 114 valence electrons. The number of rotatable bonds is 4. The Balaban J connectivity index is 1.99. The second-order valence-electron chi connectivity index (χ2n) is 4.56. The van der Waals surface area contributed by atoms with Gasteiger partial charge in [0.05, 0.1) is 7.11 Å². The van der Waals surface area contributed by atoms with Gasteiger partial charge in [0.25, 0.3) is 0 Å². The van der Waals surface area contributed by atoms with E-state index in [2.05, 4.69) is 22.6 Å². The van der Waals surface area contributed by atoms with Gasteiger partial charge < -0.3 is 18.9 Å². The second kappa shape index (κ2) is 6.43. The topological polar surface area (TPSA) is 54.0 Å². The molecule has 0 saturated heterocycles. The van der Waals surface area contributed by atoms with Crippen LogP contribution in [0.5, 0.6) is 17.2 Å². The molecule has 5 nitrogen and oxygen atoms in total. The molecule has 2 aromatic carbocycles. The summed E-state index contributed by atoms with van der Waals surface area (Å²) in [7, 11) is 1.34. The number of carbonyl (C=O) groups is 1. The van der Waals surface area contributed by atoms with E-state index in [0.717, 1.165) is 5.56 Å². The molecule has 0 bridgehead atoms. The Kier molecular flexibility index (Phi) is 4.37. The molecule has 6 heteroatoms. The quantitative estimate of drug-likeness (QED) is 0.570. The summed E-state index contributed by atoms with van der Waals surface area (Å²) in [5, 5.41) is 0. The average Bonchev–Trinajstić information content (AvgIpc) is 3.00. The number of fused-ring (bicyclic) bond motifs is 1. The maximum absolute atomic E-state index is 12.1. The molecule has 1 heterocycles. The fourth-order valence-corrected chi connectivity index (χ4v) is 2.89. The molecule has 0 aliphatic carbocycles. The molecular weight excluding hydrogens is 399 g/mol. The van der Waals surface area contributed by atoms with Crippen molar-refractivity contribution in [3.8, 4) is 17.2 Å². The Hall–Kier alpha value is -1.96. The SMILES string of the molecule is COC(=O)c1c(I)cc2c(c1OCc1ccccc1)OCO2. The van der Waals surface area contributed by atoms with E-state index >= 15 is 0 Å². The van der Waals surface area contributed by atoms with E-state index in [1.54, 1.807) is 6.07 Å². The van der Waals surface area contributed by atoms with Crippen LogP contribution in [-0.2, 0) is 11.3 Å². The number of esters is 1. The van der Waals surface area contributed by atoms with Crippen molar-refractivity contribution in [2.45, 2.75) is 6.61 Å². The lowest BCUT2D eigenvalue weighted by Gasteiger charge is -2.14. The Morgan fingerprint density at radius 3 is 2.77 bits per heavy atom. The second-order valence-corrected chi connectivity index (χ2v) is 5.72. The van der Waals surface area contributed by atoms with Crippen LogP contribution < -0.4 is 14.2 Å². The molecule has 22 heavy (non-hydrogen) atoms. The fourth-order valence-electron chi connectivity index (χ4n) is 2.14. The fraction of sp³-hybridized carbons (Fsp3) is 0.188. The van der Waals surface area contributed by atoms with Crippen LogP contribution in [0.15, 0.2) is 36.4 Å². The van der Waals surface area contributed by atoms with Crippen molar-refractivity contribution in [2.75, 3.05) is 13.9 Å². The molecule has 0 radical (unpaired) electrons. The minimum Gasteiger partial charge on any atom is -0.484 e. The molecule has 1 aliphatic rings. The van der Waals surface area contributed by atoms with Gasteiger partial charge in [-0.15, -0.1) is 0 Å². The minimum absolute atomic E-state index is 0.109. The molecule has 0 atom stereocenters. The highest BCUT2D eigenvalue weighted by atomic mass is 127. The molecule has 0 fully saturated rings. The Morgan fingerprint density at radius 1 is 1.27 bits per heavy atom. The van der Waals surface area contributed by atoms with Crippen LogP contribution in [0.2, 0.25) is 0 Å². The lowest BCUT2D eigenvalue weighted by atomic mass is 10.1. The third-order valence-corrected chi connectivity index (χ3v) is 4.04. The number of hydrogen-bond acceptors (Lipinski definition) is 5. The first-order valence-electron chi connectivity index (χ1n) is 6.58. The normalized spacial score (nSPS) is 12.1. The van der Waals surface area contributed by atoms with Crippen molar-refractivity contribution in [3.63, 3.8) is 0 Å². The number of halogens is 1. The van der Waals surface area contributed by atoms with Crippen LogP contribution in [0.25, 0.3) is 0 Å². The summed E-state index contributed by atoms with van der Waals surface area (Å²) < 4.78 is 22.2. The van der Waals surface area contributed by atoms with Crippen LogP contribution in [0, 0.1) is 3.57 Å². The molecule has 0 N–H and O–H groups in total. The summed E-state index contributed by atoms with van der Waals surface area (Å²) >= 11 is 2.06. The van der Waals surface area contributed by atoms with Crippen LogP contribution >= 0.6 is 22.6 Å². The zero-order chi connectivity index (χ0) is 15.5. The Morgan fingerprint density at radius 2 is 2.05 bits per heavy atom. The van der Waals surface area contributed by atoms with Crippen LogP contribution in [0.1, 0.15) is 15.9 Å². The van der Waals surface area contributed by atoms with Gasteiger partial charge in [0, 0.05) is 3.57 Å². The third kappa shape index (κ3) is 2.83. The lowest BCUT2D eigenvalue weighted by Crippen LogP contribution is -2.09. The summed E-state index contributed by atoms with van der Waals surface area (Å²) in [6, 6.07) is 11.4. The third-order valence-electron chi connectivity index (χ3n) is 3.19. The van der Waals surface area contributed by atoms with Crippen molar-refractivity contribution in [3.05, 3.63) is 51.1 Å². The number of ether oxygens (including phenoxy) is 4. The zero-order valence-electron chi connectivity index (χ0n) is 11.8. The number of methoxy groups -OCH3 is 1. The van der Waals surface area contributed by atoms with Gasteiger partial charge in [-0.2, -0.15) is 0 Å². The minimum atomic E-state index is -0.467. The highest BCUT2D eigenvalue weighted by Crippen LogP contribution is 2.46. The van der Waals surface area contributed by atoms with Gasteiger partial charge in [-0.1, -0.05) is 30.3 Å². The van der Waals surface area contributed by atoms with Gasteiger partial charge in [-0.05, 0) is 34.2 Å². The van der Waals surface area contributed by atoms with E-state index < -0.39 is 5.97 Å². The zero-order valence-corrected chi connectivity index (χ0v) is 14.0. The van der Waals surface area contributed by atoms with E-state index in [1.807, 2.05) is 30.3 Å². The molecule has 0 saturated carbocycles. The largest absolute Gasteiger partial charge is 0.484 e. The number of benzene rings is 2. The first kappa shape index (κ1) is 15.0. The average molecular weight is 412 g/mol. The van der Waals surface area contributed by atoms with Gasteiger partial charge in [-0.25, -0.2) is 4.79 Å². The van der Waals surface area contributed by atoms with Crippen molar-refractivity contribution in [1.29, 1.82) is 0 Å². The van der Waals surface area contributed by atoms with Crippen molar-refractivity contribution in [1.82, 2.24) is 0 Å². The first-order chi connectivity index (χ1) is 10.7. The Labute approximate surface area is 141 Å². The maximum atomic E-state index is 12.1. The van der Waals surface area contributed by atoms with Gasteiger partial charge >= 0.3 is 5.97 Å². The van der Waals surface area contributed by atoms with E-state index in [0.29, 0.717) is 33.0 Å². The highest BCUT2D eigenvalue weighted by Gasteiger charge is 2.29. The maximum Gasteiger partial charge on any atom is 0.342 e. The van der Waals surface area contributed by atoms with E-state index in [9.17, 15) is 4.79 Å². The summed E-state index contributed by atoms with van der Waals surface area (Å²) in [5.74, 6) is 0.901. The highest BCUT2D eigenvalue weighted by molar-refractivity contribution is 14.1. The first-order valence-corrected chi connectivity index (χ1v) is 7.65.